The monoisotopic (exact) mass is 334 g/mol. The first-order valence-corrected chi connectivity index (χ1v) is 7.10. The maximum atomic E-state index is 12.9. The Labute approximate surface area is 133 Å². The molecule has 2 heterocycles. The molecule has 0 aliphatic carbocycles. The van der Waals surface area contributed by atoms with E-state index in [1.54, 1.807) is 6.07 Å². The fraction of sp³-hybridized carbons (Fsp3) is 0.533. The van der Waals surface area contributed by atoms with Gasteiger partial charge in [-0.05, 0) is 37.6 Å². The van der Waals surface area contributed by atoms with Gasteiger partial charge >= 0.3 is 6.18 Å². The number of alkyl halides is 3. The van der Waals surface area contributed by atoms with E-state index in [0.717, 1.165) is 19.2 Å². The lowest BCUT2D eigenvalue weighted by atomic mass is 9.68. The standard InChI is InChI=1S/C15H17F3N2O.ClH/c16-15(17,18)11-3-1-2-10(8-11)12-9-20-13(21)14(12)4-6-19-7-5-14;/h1-3,8,12,19H,4-7,9H2,(H,20,21);1H. The van der Waals surface area contributed by atoms with Crippen molar-refractivity contribution >= 4 is 18.3 Å². The minimum atomic E-state index is -4.35. The second-order valence-electron chi connectivity index (χ2n) is 5.79. The smallest absolute Gasteiger partial charge is 0.355 e. The van der Waals surface area contributed by atoms with Gasteiger partial charge in [0, 0.05) is 12.5 Å². The highest BCUT2D eigenvalue weighted by Gasteiger charge is 2.51. The van der Waals surface area contributed by atoms with Crippen LogP contribution < -0.4 is 10.6 Å². The summed E-state index contributed by atoms with van der Waals surface area (Å²) in [5, 5.41) is 6.04. The molecule has 1 spiro atoms. The molecule has 1 aromatic rings. The first kappa shape index (κ1) is 17.1. The van der Waals surface area contributed by atoms with E-state index in [9.17, 15) is 18.0 Å². The van der Waals surface area contributed by atoms with Crippen LogP contribution >= 0.6 is 12.4 Å². The van der Waals surface area contributed by atoms with Gasteiger partial charge in [-0.3, -0.25) is 4.79 Å². The SMILES string of the molecule is Cl.O=C1NCC(c2cccc(C(F)(F)F)c2)C12CCNCC2. The zero-order valence-corrected chi connectivity index (χ0v) is 12.7. The van der Waals surface area contributed by atoms with Crippen LogP contribution in [0.2, 0.25) is 0 Å². The molecule has 1 atom stereocenters. The number of nitrogens with one attached hydrogen (secondary N) is 2. The van der Waals surface area contributed by atoms with Crippen molar-refractivity contribution in [3.05, 3.63) is 35.4 Å². The van der Waals surface area contributed by atoms with E-state index in [1.165, 1.54) is 12.1 Å². The number of carbonyl (C=O) groups is 1. The van der Waals surface area contributed by atoms with Crippen LogP contribution in [0.4, 0.5) is 13.2 Å². The Morgan fingerprint density at radius 1 is 1.18 bits per heavy atom. The molecule has 3 nitrogen and oxygen atoms in total. The minimum Gasteiger partial charge on any atom is -0.355 e. The van der Waals surface area contributed by atoms with Crippen molar-refractivity contribution in [2.45, 2.75) is 24.9 Å². The van der Waals surface area contributed by atoms with Crippen LogP contribution in [0.1, 0.15) is 29.9 Å². The van der Waals surface area contributed by atoms with Gasteiger partial charge in [0.2, 0.25) is 5.91 Å². The zero-order valence-electron chi connectivity index (χ0n) is 11.9. The van der Waals surface area contributed by atoms with Crippen molar-refractivity contribution in [2.75, 3.05) is 19.6 Å². The maximum Gasteiger partial charge on any atom is 0.416 e. The zero-order chi connectivity index (χ0) is 15.1. The van der Waals surface area contributed by atoms with E-state index in [-0.39, 0.29) is 24.2 Å². The molecule has 122 valence electrons. The third kappa shape index (κ3) is 2.82. The summed E-state index contributed by atoms with van der Waals surface area (Å²) in [6, 6.07) is 5.39. The summed E-state index contributed by atoms with van der Waals surface area (Å²) in [5.74, 6) is -0.208. The molecule has 0 saturated carbocycles. The van der Waals surface area contributed by atoms with Crippen LogP contribution in [0.5, 0.6) is 0 Å². The molecule has 3 rings (SSSR count). The van der Waals surface area contributed by atoms with E-state index in [2.05, 4.69) is 10.6 Å². The van der Waals surface area contributed by atoms with E-state index < -0.39 is 17.2 Å². The van der Waals surface area contributed by atoms with Crippen molar-refractivity contribution in [2.24, 2.45) is 5.41 Å². The van der Waals surface area contributed by atoms with Crippen molar-refractivity contribution < 1.29 is 18.0 Å². The van der Waals surface area contributed by atoms with E-state index in [4.69, 9.17) is 0 Å². The maximum absolute atomic E-state index is 12.9. The third-order valence-electron chi connectivity index (χ3n) is 4.70. The molecule has 2 aliphatic rings. The lowest BCUT2D eigenvalue weighted by Crippen LogP contribution is -2.44. The quantitative estimate of drug-likeness (QED) is 0.829. The van der Waals surface area contributed by atoms with E-state index in [1.807, 2.05) is 0 Å². The Balaban J connectivity index is 0.00000176. The first-order valence-electron chi connectivity index (χ1n) is 7.10. The average Bonchev–Trinajstić information content (AvgIpc) is 2.76. The predicted molar refractivity (Wildman–Crippen MR) is 79.0 cm³/mol. The van der Waals surface area contributed by atoms with E-state index >= 15 is 0 Å². The first-order chi connectivity index (χ1) is 9.93. The summed E-state index contributed by atoms with van der Waals surface area (Å²) in [6.07, 6.45) is -3.02. The van der Waals surface area contributed by atoms with Gasteiger partial charge in [0.25, 0.3) is 0 Å². The highest BCUT2D eigenvalue weighted by atomic mass is 35.5. The van der Waals surface area contributed by atoms with Crippen molar-refractivity contribution in [1.82, 2.24) is 10.6 Å². The molecule has 22 heavy (non-hydrogen) atoms. The van der Waals surface area contributed by atoms with Crippen LogP contribution in [0.3, 0.4) is 0 Å². The van der Waals surface area contributed by atoms with Crippen LogP contribution in [-0.4, -0.2) is 25.5 Å². The van der Waals surface area contributed by atoms with Gasteiger partial charge < -0.3 is 10.6 Å². The molecular weight excluding hydrogens is 317 g/mol. The lowest BCUT2D eigenvalue weighted by molar-refractivity contribution is -0.137. The number of piperidine rings is 1. The Morgan fingerprint density at radius 2 is 1.86 bits per heavy atom. The number of hydrogen-bond acceptors (Lipinski definition) is 2. The number of amides is 1. The fourth-order valence-electron chi connectivity index (χ4n) is 3.54. The Morgan fingerprint density at radius 3 is 2.50 bits per heavy atom. The highest BCUT2D eigenvalue weighted by Crippen LogP contribution is 2.47. The molecular formula is C15H18ClF3N2O. The summed E-state index contributed by atoms with van der Waals surface area (Å²) in [6.45, 7) is 1.87. The second kappa shape index (κ2) is 6.08. The molecule has 2 saturated heterocycles. The molecule has 2 aliphatic heterocycles. The van der Waals surface area contributed by atoms with Crippen LogP contribution in [0.25, 0.3) is 0 Å². The van der Waals surface area contributed by atoms with Crippen molar-refractivity contribution in [3.8, 4) is 0 Å². The number of hydrogen-bond donors (Lipinski definition) is 2. The topological polar surface area (TPSA) is 41.1 Å². The molecule has 7 heteroatoms. The molecule has 0 bridgehead atoms. The van der Waals surface area contributed by atoms with E-state index in [0.29, 0.717) is 24.9 Å². The average molecular weight is 335 g/mol. The van der Waals surface area contributed by atoms with Gasteiger partial charge in [-0.15, -0.1) is 12.4 Å². The Kier molecular flexibility index (Phi) is 4.73. The van der Waals surface area contributed by atoms with Crippen LogP contribution in [-0.2, 0) is 11.0 Å². The van der Waals surface area contributed by atoms with Gasteiger partial charge in [-0.2, -0.15) is 13.2 Å². The lowest BCUT2D eigenvalue weighted by Gasteiger charge is -2.36. The van der Waals surface area contributed by atoms with Crippen molar-refractivity contribution in [1.29, 1.82) is 0 Å². The largest absolute Gasteiger partial charge is 0.416 e. The van der Waals surface area contributed by atoms with Crippen LogP contribution in [0.15, 0.2) is 24.3 Å². The predicted octanol–water partition coefficient (Wildman–Crippen LogP) is 2.71. The summed E-state index contributed by atoms with van der Waals surface area (Å²) < 4.78 is 38.6. The van der Waals surface area contributed by atoms with Crippen LogP contribution in [0, 0.1) is 5.41 Å². The number of benzene rings is 1. The number of halogens is 4. The summed E-state index contributed by atoms with van der Waals surface area (Å²) in [7, 11) is 0. The van der Waals surface area contributed by atoms with Gasteiger partial charge in [0.1, 0.15) is 0 Å². The number of carbonyl (C=O) groups excluding carboxylic acids is 1. The molecule has 2 N–H and O–H groups in total. The molecule has 0 radical (unpaired) electrons. The van der Waals surface area contributed by atoms with Gasteiger partial charge in [0.05, 0.1) is 11.0 Å². The van der Waals surface area contributed by atoms with Crippen molar-refractivity contribution in [3.63, 3.8) is 0 Å². The van der Waals surface area contributed by atoms with Gasteiger partial charge in [-0.25, -0.2) is 0 Å². The fourth-order valence-corrected chi connectivity index (χ4v) is 3.54. The minimum absolute atomic E-state index is 0. The molecule has 2 fully saturated rings. The highest BCUT2D eigenvalue weighted by molar-refractivity contribution is 5.86. The molecule has 0 aromatic heterocycles. The summed E-state index contributed by atoms with van der Waals surface area (Å²) in [5.41, 5.74) is -0.608. The van der Waals surface area contributed by atoms with Gasteiger partial charge in [0.15, 0.2) is 0 Å². The molecule has 1 amide bonds. The molecule has 1 unspecified atom stereocenters. The summed E-state index contributed by atoms with van der Waals surface area (Å²) >= 11 is 0. The third-order valence-corrected chi connectivity index (χ3v) is 4.70. The van der Waals surface area contributed by atoms with Gasteiger partial charge in [-0.1, -0.05) is 18.2 Å². The molecule has 1 aromatic carbocycles. The Hall–Kier alpha value is -1.27. The second-order valence-corrected chi connectivity index (χ2v) is 5.79. The number of rotatable bonds is 1. The summed E-state index contributed by atoms with van der Waals surface area (Å²) in [4.78, 5) is 12.3. The normalized spacial score (nSPS) is 24.0. The Bertz CT molecular complexity index is 556.